The van der Waals surface area contributed by atoms with Gasteiger partial charge in [0, 0.05) is 17.1 Å². The molecule has 2 aromatic carbocycles. The summed E-state index contributed by atoms with van der Waals surface area (Å²) in [6.45, 7) is 0. The predicted molar refractivity (Wildman–Crippen MR) is 99.4 cm³/mol. The Morgan fingerprint density at radius 3 is 2.52 bits per heavy atom. The highest BCUT2D eigenvalue weighted by molar-refractivity contribution is 7.13. The number of nitrogens with zero attached hydrogens (tertiary/aromatic N) is 2. The molecular weight excluding hydrogens is 370 g/mol. The molecule has 2 N–H and O–H groups in total. The predicted octanol–water partition coefficient (Wildman–Crippen LogP) is 4.73. The summed E-state index contributed by atoms with van der Waals surface area (Å²) in [5.74, 6) is -2.76. The summed E-state index contributed by atoms with van der Waals surface area (Å²) < 4.78 is 27.6. The van der Waals surface area contributed by atoms with Crippen LogP contribution in [0.25, 0.3) is 22.0 Å². The molecule has 0 saturated carbocycles. The summed E-state index contributed by atoms with van der Waals surface area (Å²) in [7, 11) is 0. The van der Waals surface area contributed by atoms with Crippen molar-refractivity contribution in [1.82, 2.24) is 15.2 Å². The number of carbonyl (C=O) groups is 1. The maximum atomic E-state index is 13.8. The monoisotopic (exact) mass is 382 g/mol. The highest BCUT2D eigenvalue weighted by Gasteiger charge is 2.20. The summed E-state index contributed by atoms with van der Waals surface area (Å²) in [4.78, 5) is 16.8. The summed E-state index contributed by atoms with van der Waals surface area (Å²) in [5.41, 5.74) is 1.53. The fraction of sp³-hybridized carbons (Fsp3) is 0. The second kappa shape index (κ2) is 7.08. The van der Waals surface area contributed by atoms with Crippen LogP contribution in [0, 0.1) is 11.6 Å². The Labute approximate surface area is 156 Å². The van der Waals surface area contributed by atoms with E-state index < -0.39 is 23.1 Å². The zero-order valence-corrected chi connectivity index (χ0v) is 14.6. The first-order chi connectivity index (χ1) is 13.1. The summed E-state index contributed by atoms with van der Waals surface area (Å²) >= 11 is 1.43. The van der Waals surface area contributed by atoms with E-state index in [-0.39, 0.29) is 5.69 Å². The Morgan fingerprint density at radius 1 is 1.04 bits per heavy atom. The van der Waals surface area contributed by atoms with Gasteiger partial charge in [-0.3, -0.25) is 9.89 Å². The van der Waals surface area contributed by atoms with Crippen molar-refractivity contribution >= 4 is 22.9 Å². The number of hydrogen-bond acceptors (Lipinski definition) is 4. The van der Waals surface area contributed by atoms with Crippen LogP contribution in [0.1, 0.15) is 10.4 Å². The Bertz CT molecular complexity index is 1090. The molecule has 2 aromatic heterocycles. The number of nitrogens with one attached hydrogen (secondary N) is 2. The molecule has 4 aromatic rings. The van der Waals surface area contributed by atoms with Crippen molar-refractivity contribution in [2.24, 2.45) is 0 Å². The van der Waals surface area contributed by atoms with Crippen molar-refractivity contribution in [2.75, 3.05) is 5.32 Å². The third kappa shape index (κ3) is 3.34. The van der Waals surface area contributed by atoms with Crippen LogP contribution in [-0.2, 0) is 0 Å². The molecule has 8 heteroatoms. The maximum absolute atomic E-state index is 13.8. The van der Waals surface area contributed by atoms with E-state index in [4.69, 9.17) is 0 Å². The minimum absolute atomic E-state index is 0.285. The van der Waals surface area contributed by atoms with Crippen LogP contribution in [0.3, 0.4) is 0 Å². The van der Waals surface area contributed by atoms with Crippen LogP contribution in [0.2, 0.25) is 0 Å². The molecule has 0 aliphatic rings. The summed E-state index contributed by atoms with van der Waals surface area (Å²) in [6.07, 6.45) is 1.44. The van der Waals surface area contributed by atoms with E-state index in [1.807, 2.05) is 30.3 Å². The fourth-order valence-corrected chi connectivity index (χ4v) is 3.39. The Morgan fingerprint density at radius 2 is 1.78 bits per heavy atom. The number of carbonyl (C=O) groups excluding carboxylic acids is 1. The van der Waals surface area contributed by atoms with Crippen molar-refractivity contribution in [3.63, 3.8) is 0 Å². The van der Waals surface area contributed by atoms with Crippen molar-refractivity contribution in [3.8, 4) is 22.0 Å². The Hall–Kier alpha value is -3.39. The Balaban J connectivity index is 1.62. The van der Waals surface area contributed by atoms with E-state index in [1.165, 1.54) is 23.6 Å². The van der Waals surface area contributed by atoms with Gasteiger partial charge in [-0.05, 0) is 12.1 Å². The van der Waals surface area contributed by atoms with E-state index in [9.17, 15) is 13.6 Å². The van der Waals surface area contributed by atoms with Gasteiger partial charge in [0.25, 0.3) is 5.91 Å². The number of aromatic nitrogens is 3. The number of H-pyrrole nitrogens is 1. The number of hydrogen-bond donors (Lipinski definition) is 2. The molecule has 5 nitrogen and oxygen atoms in total. The molecule has 0 saturated heterocycles. The SMILES string of the molecule is O=C(Nc1c[nH]nc1-c1csc(-c2ccccc2)n1)c1c(F)cccc1F. The second-order valence-corrected chi connectivity index (χ2v) is 6.46. The Kier molecular flexibility index (Phi) is 4.47. The summed E-state index contributed by atoms with van der Waals surface area (Å²) in [6, 6.07) is 12.9. The number of halogens is 2. The van der Waals surface area contributed by atoms with Gasteiger partial charge in [-0.2, -0.15) is 5.10 Å². The molecule has 0 bridgehead atoms. The first kappa shape index (κ1) is 17.0. The van der Waals surface area contributed by atoms with E-state index in [0.29, 0.717) is 11.4 Å². The molecule has 0 atom stereocenters. The molecule has 134 valence electrons. The number of amides is 1. The van der Waals surface area contributed by atoms with Gasteiger partial charge in [-0.1, -0.05) is 36.4 Å². The smallest absolute Gasteiger partial charge is 0.261 e. The lowest BCUT2D eigenvalue weighted by molar-refractivity contribution is 0.101. The number of anilines is 1. The van der Waals surface area contributed by atoms with Crippen molar-refractivity contribution in [2.45, 2.75) is 0 Å². The summed E-state index contributed by atoms with van der Waals surface area (Å²) in [5, 5.41) is 11.8. The average molecular weight is 382 g/mol. The lowest BCUT2D eigenvalue weighted by Crippen LogP contribution is -2.16. The van der Waals surface area contributed by atoms with Crippen molar-refractivity contribution < 1.29 is 13.6 Å². The molecule has 0 spiro atoms. The fourth-order valence-electron chi connectivity index (χ4n) is 2.58. The molecule has 0 unspecified atom stereocenters. The number of aromatic amines is 1. The normalized spacial score (nSPS) is 10.7. The van der Waals surface area contributed by atoms with Gasteiger partial charge in [0.05, 0.1) is 5.69 Å². The molecule has 0 aliphatic carbocycles. The molecule has 4 rings (SSSR count). The lowest BCUT2D eigenvalue weighted by atomic mass is 10.1. The molecule has 0 aliphatic heterocycles. The molecule has 0 radical (unpaired) electrons. The van der Waals surface area contributed by atoms with Crippen LogP contribution >= 0.6 is 11.3 Å². The molecule has 2 heterocycles. The van der Waals surface area contributed by atoms with Crippen molar-refractivity contribution in [3.05, 3.63) is 77.3 Å². The van der Waals surface area contributed by atoms with E-state index in [0.717, 1.165) is 22.7 Å². The highest BCUT2D eigenvalue weighted by atomic mass is 32.1. The van der Waals surface area contributed by atoms with Crippen LogP contribution in [-0.4, -0.2) is 21.1 Å². The maximum Gasteiger partial charge on any atom is 0.261 e. The number of rotatable bonds is 4. The van der Waals surface area contributed by atoms with E-state index >= 15 is 0 Å². The molecule has 0 fully saturated rings. The zero-order chi connectivity index (χ0) is 18.8. The molecule has 1 amide bonds. The van der Waals surface area contributed by atoms with Gasteiger partial charge in [0.2, 0.25) is 0 Å². The quantitative estimate of drug-likeness (QED) is 0.536. The van der Waals surface area contributed by atoms with Gasteiger partial charge in [0.1, 0.15) is 33.6 Å². The number of benzene rings is 2. The topological polar surface area (TPSA) is 70.7 Å². The third-order valence-electron chi connectivity index (χ3n) is 3.85. The minimum Gasteiger partial charge on any atom is -0.319 e. The zero-order valence-electron chi connectivity index (χ0n) is 13.7. The van der Waals surface area contributed by atoms with Crippen molar-refractivity contribution in [1.29, 1.82) is 0 Å². The second-order valence-electron chi connectivity index (χ2n) is 5.60. The van der Waals surface area contributed by atoms with E-state index in [2.05, 4.69) is 20.5 Å². The van der Waals surface area contributed by atoms with Gasteiger partial charge in [-0.25, -0.2) is 13.8 Å². The third-order valence-corrected chi connectivity index (χ3v) is 4.74. The van der Waals surface area contributed by atoms with Gasteiger partial charge < -0.3 is 5.32 Å². The first-order valence-corrected chi connectivity index (χ1v) is 8.82. The van der Waals surface area contributed by atoms with Gasteiger partial charge in [-0.15, -0.1) is 11.3 Å². The first-order valence-electron chi connectivity index (χ1n) is 7.94. The largest absolute Gasteiger partial charge is 0.319 e. The van der Waals surface area contributed by atoms with E-state index in [1.54, 1.807) is 5.38 Å². The van der Waals surface area contributed by atoms with Gasteiger partial charge >= 0.3 is 0 Å². The molecular formula is C19H12F2N4OS. The molecule has 27 heavy (non-hydrogen) atoms. The van der Waals surface area contributed by atoms with Gasteiger partial charge in [0.15, 0.2) is 0 Å². The van der Waals surface area contributed by atoms with Crippen LogP contribution in [0.15, 0.2) is 60.1 Å². The van der Waals surface area contributed by atoms with Crippen LogP contribution < -0.4 is 5.32 Å². The number of thiazole rings is 1. The average Bonchev–Trinajstić information content (AvgIpc) is 3.31. The van der Waals surface area contributed by atoms with Crippen LogP contribution in [0.5, 0.6) is 0 Å². The lowest BCUT2D eigenvalue weighted by Gasteiger charge is -2.06. The minimum atomic E-state index is -0.933. The highest BCUT2D eigenvalue weighted by Crippen LogP contribution is 2.31. The van der Waals surface area contributed by atoms with Crippen LogP contribution in [0.4, 0.5) is 14.5 Å². The standard InChI is InChI=1S/C19H12F2N4OS/c20-12-7-4-8-13(21)16(12)18(26)23-14-9-22-25-17(14)15-10-27-19(24-15)11-5-2-1-3-6-11/h1-10H,(H,22,25)(H,23,26).